The number of nitrogens with two attached hydrogens (primary N) is 2. The SMILES string of the molecule is CCCCCCCC(=O)N[C@H](CC(N)=O)C(N)=NN=NC(C)(C)C. The minimum atomic E-state index is -0.760. The Morgan fingerprint density at radius 2 is 1.71 bits per heavy atom. The Hall–Kier alpha value is -1.99. The van der Waals surface area contributed by atoms with Crippen molar-refractivity contribution in [3.63, 3.8) is 0 Å². The van der Waals surface area contributed by atoms with Gasteiger partial charge in [0.15, 0.2) is 0 Å². The molecule has 0 aliphatic rings. The fraction of sp³-hybridized carbons (Fsp3) is 0.812. The van der Waals surface area contributed by atoms with Crippen LogP contribution in [0.1, 0.15) is 72.6 Å². The second-order valence-corrected chi connectivity index (χ2v) is 6.84. The molecule has 0 aromatic rings. The van der Waals surface area contributed by atoms with E-state index in [1.54, 1.807) is 0 Å². The molecule has 1 atom stereocenters. The lowest BCUT2D eigenvalue weighted by atomic mass is 10.1. The van der Waals surface area contributed by atoms with E-state index in [1.165, 1.54) is 6.42 Å². The number of carbonyl (C=O) groups excluding carboxylic acids is 2. The summed E-state index contributed by atoms with van der Waals surface area (Å²) >= 11 is 0. The summed E-state index contributed by atoms with van der Waals surface area (Å²) in [4.78, 5) is 23.1. The zero-order valence-electron chi connectivity index (χ0n) is 15.3. The van der Waals surface area contributed by atoms with Gasteiger partial charge in [0, 0.05) is 6.42 Å². The highest BCUT2D eigenvalue weighted by atomic mass is 16.2. The third-order valence-electron chi connectivity index (χ3n) is 3.11. The maximum Gasteiger partial charge on any atom is 0.220 e. The van der Waals surface area contributed by atoms with Crippen molar-refractivity contribution in [2.45, 2.75) is 84.2 Å². The van der Waals surface area contributed by atoms with Gasteiger partial charge >= 0.3 is 0 Å². The number of amidine groups is 1. The molecule has 0 saturated carbocycles. The summed E-state index contributed by atoms with van der Waals surface area (Å²) in [7, 11) is 0. The van der Waals surface area contributed by atoms with Crippen molar-refractivity contribution in [3.8, 4) is 0 Å². The van der Waals surface area contributed by atoms with Gasteiger partial charge in [0.25, 0.3) is 0 Å². The summed E-state index contributed by atoms with van der Waals surface area (Å²) in [5.41, 5.74) is 10.6. The fourth-order valence-corrected chi connectivity index (χ4v) is 1.86. The molecule has 2 amide bonds. The number of carbonyl (C=O) groups is 2. The summed E-state index contributed by atoms with van der Waals surface area (Å²) in [5, 5.41) is 14.1. The highest BCUT2D eigenvalue weighted by Gasteiger charge is 2.19. The van der Waals surface area contributed by atoms with Crippen LogP contribution in [0.5, 0.6) is 0 Å². The lowest BCUT2D eigenvalue weighted by Gasteiger charge is -2.16. The summed E-state index contributed by atoms with van der Waals surface area (Å²) in [6.07, 6.45) is 5.51. The minimum Gasteiger partial charge on any atom is -0.384 e. The maximum absolute atomic E-state index is 12.0. The molecule has 0 aromatic carbocycles. The van der Waals surface area contributed by atoms with Crippen LogP contribution < -0.4 is 16.8 Å². The third kappa shape index (κ3) is 12.5. The average molecular weight is 340 g/mol. The number of rotatable bonds is 11. The topological polar surface area (TPSA) is 135 Å². The molecular formula is C16H32N6O2. The van der Waals surface area contributed by atoms with Crippen LogP contribution in [0.2, 0.25) is 0 Å². The van der Waals surface area contributed by atoms with Crippen LogP contribution in [0.3, 0.4) is 0 Å². The molecule has 0 heterocycles. The van der Waals surface area contributed by atoms with E-state index in [0.29, 0.717) is 6.42 Å². The standard InChI is InChI=1S/C16H32N6O2/c1-5-6-7-8-9-10-14(24)19-12(11-13(17)23)15(18)20-22-21-16(2,3)4/h12H,5-11H2,1-4H3,(H2,17,23)(H,19,24)(H2,18,20,21)/t12-/m1/s1. The highest BCUT2D eigenvalue weighted by molar-refractivity contribution is 5.93. The molecule has 24 heavy (non-hydrogen) atoms. The Morgan fingerprint density at radius 1 is 1.08 bits per heavy atom. The monoisotopic (exact) mass is 340 g/mol. The van der Waals surface area contributed by atoms with E-state index in [1.807, 2.05) is 20.8 Å². The Bertz CT molecular complexity index is 454. The Labute approximate surface area is 144 Å². The molecular weight excluding hydrogens is 308 g/mol. The van der Waals surface area contributed by atoms with Crippen molar-refractivity contribution in [1.29, 1.82) is 0 Å². The molecule has 8 heteroatoms. The third-order valence-corrected chi connectivity index (χ3v) is 3.11. The lowest BCUT2D eigenvalue weighted by molar-refractivity contribution is -0.122. The Balaban J connectivity index is 4.59. The fourth-order valence-electron chi connectivity index (χ4n) is 1.86. The van der Waals surface area contributed by atoms with Crippen LogP contribution in [0.15, 0.2) is 15.4 Å². The van der Waals surface area contributed by atoms with Gasteiger partial charge in [-0.15, -0.1) is 5.10 Å². The highest BCUT2D eigenvalue weighted by Crippen LogP contribution is 2.07. The molecule has 0 unspecified atom stereocenters. The number of hydrogen-bond acceptors (Lipinski definition) is 4. The van der Waals surface area contributed by atoms with Gasteiger partial charge < -0.3 is 16.8 Å². The van der Waals surface area contributed by atoms with E-state index < -0.39 is 11.9 Å². The lowest BCUT2D eigenvalue weighted by Crippen LogP contribution is -2.46. The van der Waals surface area contributed by atoms with Crippen molar-refractivity contribution in [3.05, 3.63) is 0 Å². The zero-order chi connectivity index (χ0) is 18.6. The van der Waals surface area contributed by atoms with E-state index in [4.69, 9.17) is 11.5 Å². The van der Waals surface area contributed by atoms with Crippen LogP contribution in [-0.4, -0.2) is 29.2 Å². The summed E-state index contributed by atoms with van der Waals surface area (Å²) in [6.45, 7) is 7.73. The van der Waals surface area contributed by atoms with Crippen LogP contribution in [0.4, 0.5) is 0 Å². The number of hydrogen-bond donors (Lipinski definition) is 3. The molecule has 0 fully saturated rings. The first-order valence-electron chi connectivity index (χ1n) is 8.48. The van der Waals surface area contributed by atoms with Gasteiger partial charge in [-0.3, -0.25) is 9.59 Å². The van der Waals surface area contributed by atoms with Crippen LogP contribution in [0, 0.1) is 0 Å². The largest absolute Gasteiger partial charge is 0.384 e. The van der Waals surface area contributed by atoms with Crippen LogP contribution in [-0.2, 0) is 9.59 Å². The smallest absolute Gasteiger partial charge is 0.220 e. The van der Waals surface area contributed by atoms with Crippen molar-refractivity contribution >= 4 is 17.6 Å². The molecule has 8 nitrogen and oxygen atoms in total. The van der Waals surface area contributed by atoms with Crippen molar-refractivity contribution in [2.75, 3.05) is 0 Å². The Kier molecular flexibility index (Phi) is 10.6. The molecule has 0 aromatic heterocycles. The second kappa shape index (κ2) is 11.5. The van der Waals surface area contributed by atoms with E-state index in [9.17, 15) is 9.59 Å². The predicted octanol–water partition coefficient (Wildman–Crippen LogP) is 2.23. The molecule has 0 aliphatic heterocycles. The van der Waals surface area contributed by atoms with Gasteiger partial charge in [-0.25, -0.2) is 0 Å². The zero-order valence-corrected chi connectivity index (χ0v) is 15.3. The summed E-state index contributed by atoms with van der Waals surface area (Å²) in [6, 6.07) is -0.760. The number of amides is 2. The normalized spacial score (nSPS) is 13.9. The molecule has 0 bridgehead atoms. The molecule has 0 rings (SSSR count). The first-order valence-corrected chi connectivity index (χ1v) is 8.48. The van der Waals surface area contributed by atoms with Crippen LogP contribution >= 0.6 is 0 Å². The van der Waals surface area contributed by atoms with Crippen LogP contribution in [0.25, 0.3) is 0 Å². The number of nitrogens with one attached hydrogen (secondary N) is 1. The van der Waals surface area contributed by atoms with Gasteiger partial charge in [-0.05, 0) is 32.4 Å². The van der Waals surface area contributed by atoms with E-state index in [0.717, 1.165) is 25.7 Å². The predicted molar refractivity (Wildman–Crippen MR) is 95.3 cm³/mol. The maximum atomic E-state index is 12.0. The first-order chi connectivity index (χ1) is 11.2. The van der Waals surface area contributed by atoms with Gasteiger partial charge in [0.05, 0.1) is 18.0 Å². The second-order valence-electron chi connectivity index (χ2n) is 6.84. The van der Waals surface area contributed by atoms with Crippen molar-refractivity contribution in [2.24, 2.45) is 26.9 Å². The van der Waals surface area contributed by atoms with Gasteiger partial charge in [0.2, 0.25) is 11.8 Å². The molecule has 0 radical (unpaired) electrons. The number of nitrogens with zero attached hydrogens (tertiary/aromatic N) is 3. The summed E-state index contributed by atoms with van der Waals surface area (Å²) < 4.78 is 0. The first kappa shape index (κ1) is 22.0. The van der Waals surface area contributed by atoms with Gasteiger partial charge in [0.1, 0.15) is 5.84 Å². The number of unbranched alkanes of at least 4 members (excludes halogenated alkanes) is 4. The summed E-state index contributed by atoms with van der Waals surface area (Å²) in [5.74, 6) is -0.737. The molecule has 0 saturated heterocycles. The van der Waals surface area contributed by atoms with Gasteiger partial charge in [-0.2, -0.15) is 5.11 Å². The van der Waals surface area contributed by atoms with E-state index in [2.05, 4.69) is 27.7 Å². The quantitative estimate of drug-likeness (QED) is 0.175. The van der Waals surface area contributed by atoms with Crippen molar-refractivity contribution in [1.82, 2.24) is 5.32 Å². The molecule has 0 aliphatic carbocycles. The van der Waals surface area contributed by atoms with Crippen molar-refractivity contribution < 1.29 is 9.59 Å². The molecule has 0 spiro atoms. The average Bonchev–Trinajstić information content (AvgIpc) is 2.44. The molecule has 138 valence electrons. The minimum absolute atomic E-state index is 0.0149. The molecule has 5 N–H and O–H groups in total. The van der Waals surface area contributed by atoms with Gasteiger partial charge in [-0.1, -0.05) is 32.6 Å². The number of primary amides is 1. The Morgan fingerprint density at radius 3 is 2.25 bits per heavy atom. The van der Waals surface area contributed by atoms with E-state index >= 15 is 0 Å². The van der Waals surface area contributed by atoms with E-state index in [-0.39, 0.29) is 23.7 Å².